The predicted octanol–water partition coefficient (Wildman–Crippen LogP) is 4.45. The minimum atomic E-state index is -4.39. The first kappa shape index (κ1) is 18.8. The summed E-state index contributed by atoms with van der Waals surface area (Å²) in [7, 11) is 0. The number of amides is 2. The van der Waals surface area contributed by atoms with E-state index >= 15 is 0 Å². The van der Waals surface area contributed by atoms with Gasteiger partial charge in [0.25, 0.3) is 0 Å². The van der Waals surface area contributed by atoms with Crippen LogP contribution in [0.15, 0.2) is 28.8 Å². The molecule has 0 unspecified atom stereocenters. The van der Waals surface area contributed by atoms with Crippen LogP contribution < -0.4 is 5.32 Å². The van der Waals surface area contributed by atoms with Crippen LogP contribution in [0.4, 0.5) is 23.7 Å². The molecular formula is C19H21F3N4O2. The standard InChI is InChI=1S/C19H21F3N4O2/c20-19(21,22)14-5-7-15(8-6-14)23-18(27)26-9-1-2-12(11-26)10-16-24-17(25-28-16)13-3-4-13/h5-8,12-13H,1-4,9-11H2,(H,23,27)/t12-/m1/s1. The molecule has 1 aromatic heterocycles. The van der Waals surface area contributed by atoms with Crippen molar-refractivity contribution in [2.75, 3.05) is 18.4 Å². The van der Waals surface area contributed by atoms with Gasteiger partial charge in [-0.3, -0.25) is 0 Å². The topological polar surface area (TPSA) is 71.3 Å². The third-order valence-electron chi connectivity index (χ3n) is 5.16. The van der Waals surface area contributed by atoms with Gasteiger partial charge < -0.3 is 14.7 Å². The number of rotatable bonds is 4. The number of nitrogens with zero attached hydrogens (tertiary/aromatic N) is 3. The highest BCUT2D eigenvalue weighted by Gasteiger charge is 2.31. The molecule has 1 aliphatic heterocycles. The third kappa shape index (κ3) is 4.45. The lowest BCUT2D eigenvalue weighted by Crippen LogP contribution is -2.42. The smallest absolute Gasteiger partial charge is 0.339 e. The molecule has 1 N–H and O–H groups in total. The number of hydrogen-bond donors (Lipinski definition) is 1. The molecule has 2 aromatic rings. The molecule has 0 radical (unpaired) electrons. The highest BCUT2D eigenvalue weighted by Crippen LogP contribution is 2.38. The molecule has 1 saturated heterocycles. The van der Waals surface area contributed by atoms with Crippen molar-refractivity contribution < 1.29 is 22.5 Å². The maximum Gasteiger partial charge on any atom is 0.416 e. The van der Waals surface area contributed by atoms with Crippen molar-refractivity contribution in [1.29, 1.82) is 0 Å². The van der Waals surface area contributed by atoms with Crippen LogP contribution in [-0.4, -0.2) is 34.2 Å². The van der Waals surface area contributed by atoms with Crippen LogP contribution in [0.1, 0.15) is 48.9 Å². The number of piperidine rings is 1. The van der Waals surface area contributed by atoms with E-state index in [1.54, 1.807) is 4.90 Å². The maximum atomic E-state index is 12.6. The van der Waals surface area contributed by atoms with Gasteiger partial charge in [0.05, 0.1) is 5.56 Å². The van der Waals surface area contributed by atoms with E-state index in [9.17, 15) is 18.0 Å². The summed E-state index contributed by atoms with van der Waals surface area (Å²) in [6, 6.07) is 4.14. The molecule has 0 spiro atoms. The van der Waals surface area contributed by atoms with Crippen LogP contribution in [0.3, 0.4) is 0 Å². The third-order valence-corrected chi connectivity index (χ3v) is 5.16. The summed E-state index contributed by atoms with van der Waals surface area (Å²) >= 11 is 0. The molecule has 2 amide bonds. The van der Waals surface area contributed by atoms with E-state index in [0.29, 0.717) is 37.0 Å². The molecule has 1 atom stereocenters. The first-order valence-electron chi connectivity index (χ1n) is 9.44. The number of urea groups is 1. The first-order chi connectivity index (χ1) is 13.4. The second-order valence-corrected chi connectivity index (χ2v) is 7.48. The van der Waals surface area contributed by atoms with E-state index in [2.05, 4.69) is 15.5 Å². The van der Waals surface area contributed by atoms with Gasteiger partial charge in [-0.15, -0.1) is 0 Å². The molecule has 150 valence electrons. The molecule has 1 saturated carbocycles. The van der Waals surface area contributed by atoms with Crippen molar-refractivity contribution in [1.82, 2.24) is 15.0 Å². The first-order valence-corrected chi connectivity index (χ1v) is 9.44. The van der Waals surface area contributed by atoms with Crippen LogP contribution >= 0.6 is 0 Å². The average Bonchev–Trinajstić information content (AvgIpc) is 3.41. The van der Waals surface area contributed by atoms with Crippen molar-refractivity contribution in [3.63, 3.8) is 0 Å². The molecule has 6 nitrogen and oxygen atoms in total. The number of halogens is 3. The van der Waals surface area contributed by atoms with Crippen molar-refractivity contribution in [2.24, 2.45) is 5.92 Å². The fraction of sp³-hybridized carbons (Fsp3) is 0.526. The van der Waals surface area contributed by atoms with Crippen molar-refractivity contribution in [3.05, 3.63) is 41.5 Å². The van der Waals surface area contributed by atoms with Gasteiger partial charge in [0.15, 0.2) is 5.82 Å². The number of nitrogens with one attached hydrogen (secondary N) is 1. The Balaban J connectivity index is 1.32. The van der Waals surface area contributed by atoms with Crippen molar-refractivity contribution >= 4 is 11.7 Å². The Morgan fingerprint density at radius 2 is 1.96 bits per heavy atom. The van der Waals surface area contributed by atoms with Crippen LogP contribution in [-0.2, 0) is 12.6 Å². The minimum Gasteiger partial charge on any atom is -0.339 e. The summed E-state index contributed by atoms with van der Waals surface area (Å²) in [6.07, 6.45) is 0.279. The van der Waals surface area contributed by atoms with Crippen molar-refractivity contribution in [2.45, 2.75) is 44.2 Å². The van der Waals surface area contributed by atoms with E-state index in [-0.39, 0.29) is 11.9 Å². The number of hydrogen-bond acceptors (Lipinski definition) is 4. The van der Waals surface area contributed by atoms with E-state index in [0.717, 1.165) is 43.6 Å². The number of aromatic nitrogens is 2. The zero-order chi connectivity index (χ0) is 19.7. The Kier molecular flexibility index (Phi) is 4.99. The number of anilines is 1. The summed E-state index contributed by atoms with van der Waals surface area (Å²) in [5, 5.41) is 6.69. The molecule has 9 heteroatoms. The second-order valence-electron chi connectivity index (χ2n) is 7.48. The predicted molar refractivity (Wildman–Crippen MR) is 94.7 cm³/mol. The van der Waals surface area contributed by atoms with Gasteiger partial charge in [-0.25, -0.2) is 4.79 Å². The van der Waals surface area contributed by atoms with E-state index in [4.69, 9.17) is 4.52 Å². The van der Waals surface area contributed by atoms with E-state index < -0.39 is 11.7 Å². The van der Waals surface area contributed by atoms with Crippen LogP contribution in [0.25, 0.3) is 0 Å². The molecular weight excluding hydrogens is 373 g/mol. The van der Waals surface area contributed by atoms with Gasteiger partial charge >= 0.3 is 12.2 Å². The fourth-order valence-electron chi connectivity index (χ4n) is 3.47. The van der Waals surface area contributed by atoms with E-state index in [1.807, 2.05) is 0 Å². The molecule has 4 rings (SSSR count). The van der Waals surface area contributed by atoms with Gasteiger partial charge in [-0.1, -0.05) is 5.16 Å². The Bertz CT molecular complexity index is 830. The zero-order valence-electron chi connectivity index (χ0n) is 15.2. The van der Waals surface area contributed by atoms with Crippen LogP contribution in [0, 0.1) is 5.92 Å². The summed E-state index contributed by atoms with van der Waals surface area (Å²) in [4.78, 5) is 18.6. The summed E-state index contributed by atoms with van der Waals surface area (Å²) in [5.41, 5.74) is -0.403. The lowest BCUT2D eigenvalue weighted by Gasteiger charge is -2.32. The summed E-state index contributed by atoms with van der Waals surface area (Å²) < 4.78 is 43.2. The normalized spacial score (nSPS) is 20.2. The van der Waals surface area contributed by atoms with Gasteiger partial charge in [0, 0.05) is 31.1 Å². The van der Waals surface area contributed by atoms with Crippen LogP contribution in [0.2, 0.25) is 0 Å². The van der Waals surface area contributed by atoms with Gasteiger partial charge in [-0.05, 0) is 55.9 Å². The Labute approximate surface area is 160 Å². The number of carbonyl (C=O) groups is 1. The second kappa shape index (κ2) is 7.44. The minimum absolute atomic E-state index is 0.222. The fourth-order valence-corrected chi connectivity index (χ4v) is 3.47. The molecule has 2 heterocycles. The molecule has 2 fully saturated rings. The number of likely N-dealkylation sites (tertiary alicyclic amines) is 1. The van der Waals surface area contributed by atoms with Gasteiger partial charge in [-0.2, -0.15) is 18.2 Å². The monoisotopic (exact) mass is 394 g/mol. The Hall–Kier alpha value is -2.58. The van der Waals surface area contributed by atoms with E-state index in [1.165, 1.54) is 12.1 Å². The van der Waals surface area contributed by atoms with Gasteiger partial charge in [0.2, 0.25) is 5.89 Å². The number of benzene rings is 1. The SMILES string of the molecule is O=C(Nc1ccc(C(F)(F)F)cc1)N1CCC[C@H](Cc2nc(C3CC3)no2)C1. The molecule has 0 bridgehead atoms. The lowest BCUT2D eigenvalue weighted by molar-refractivity contribution is -0.137. The maximum absolute atomic E-state index is 12.6. The summed E-state index contributed by atoms with van der Waals surface area (Å²) in [5.74, 6) is 2.05. The Morgan fingerprint density at radius 1 is 1.21 bits per heavy atom. The molecule has 2 aliphatic rings. The molecule has 1 aromatic carbocycles. The number of alkyl halides is 3. The lowest BCUT2D eigenvalue weighted by atomic mass is 9.95. The van der Waals surface area contributed by atoms with Crippen LogP contribution in [0.5, 0.6) is 0 Å². The molecule has 28 heavy (non-hydrogen) atoms. The molecule has 1 aliphatic carbocycles. The Morgan fingerprint density at radius 3 is 2.64 bits per heavy atom. The highest BCUT2D eigenvalue weighted by atomic mass is 19.4. The zero-order valence-corrected chi connectivity index (χ0v) is 15.2. The quantitative estimate of drug-likeness (QED) is 0.832. The number of carbonyl (C=O) groups excluding carboxylic acids is 1. The highest BCUT2D eigenvalue weighted by molar-refractivity contribution is 5.89. The largest absolute Gasteiger partial charge is 0.416 e. The van der Waals surface area contributed by atoms with Gasteiger partial charge in [0.1, 0.15) is 0 Å². The summed E-state index contributed by atoms with van der Waals surface area (Å²) in [6.45, 7) is 1.16. The average molecular weight is 394 g/mol. The van der Waals surface area contributed by atoms with Crippen molar-refractivity contribution in [3.8, 4) is 0 Å².